The fourth-order valence-electron chi connectivity index (χ4n) is 3.63. The monoisotopic (exact) mass is 346 g/mol. The number of piperazine rings is 1. The molecule has 2 heterocycles. The van der Waals surface area contributed by atoms with Gasteiger partial charge in [0.15, 0.2) is 0 Å². The van der Waals surface area contributed by atoms with Crippen LogP contribution in [0.1, 0.15) is 42.2 Å². The highest BCUT2D eigenvalue weighted by atomic mass is 32.1. The van der Waals surface area contributed by atoms with Crippen LogP contribution in [-0.2, 0) is 17.6 Å². The molecule has 0 aromatic carbocycles. The third kappa shape index (κ3) is 3.97. The summed E-state index contributed by atoms with van der Waals surface area (Å²) in [5.74, 6) is 0.00837. The molecule has 1 aromatic heterocycles. The summed E-state index contributed by atoms with van der Waals surface area (Å²) in [6, 6.07) is 2.31. The van der Waals surface area contributed by atoms with Crippen molar-refractivity contribution in [2.75, 3.05) is 44.6 Å². The van der Waals surface area contributed by atoms with Gasteiger partial charge in [-0.25, -0.2) is 0 Å². The van der Waals surface area contributed by atoms with Crippen molar-refractivity contribution < 1.29 is 4.79 Å². The molecule has 5 nitrogen and oxygen atoms in total. The first kappa shape index (κ1) is 17.4. The summed E-state index contributed by atoms with van der Waals surface area (Å²) in [5, 5.41) is 13.2. The Morgan fingerprint density at radius 3 is 2.62 bits per heavy atom. The Labute approximate surface area is 148 Å². The van der Waals surface area contributed by atoms with Crippen molar-refractivity contribution in [1.82, 2.24) is 9.80 Å². The minimum atomic E-state index is 0.00837. The van der Waals surface area contributed by atoms with E-state index in [1.54, 1.807) is 11.3 Å². The number of aryl methyl sites for hydroxylation is 1. The zero-order valence-electron chi connectivity index (χ0n) is 14.4. The van der Waals surface area contributed by atoms with Crippen molar-refractivity contribution in [3.05, 3.63) is 16.0 Å². The summed E-state index contributed by atoms with van der Waals surface area (Å²) in [7, 11) is 0. The van der Waals surface area contributed by atoms with E-state index < -0.39 is 0 Å². The topological polar surface area (TPSA) is 59.4 Å². The largest absolute Gasteiger partial charge is 0.315 e. The first-order valence-corrected chi connectivity index (χ1v) is 9.82. The molecule has 0 bridgehead atoms. The Kier molecular flexibility index (Phi) is 5.88. The summed E-state index contributed by atoms with van der Waals surface area (Å²) in [5.41, 5.74) is 1.88. The van der Waals surface area contributed by atoms with Gasteiger partial charge in [0, 0.05) is 31.1 Å². The zero-order valence-corrected chi connectivity index (χ0v) is 15.3. The smallest absolute Gasteiger partial charge is 0.239 e. The molecule has 1 amide bonds. The standard InChI is InChI=1S/C18H26N4OS/c1-2-7-21-8-10-22(11-9-21)13-17(23)20-18-15(12-19)14-5-3-4-6-16(14)24-18/h2-11,13H2,1H3,(H,20,23). The van der Waals surface area contributed by atoms with Crippen LogP contribution in [0, 0.1) is 11.3 Å². The predicted octanol–water partition coefficient (Wildman–Crippen LogP) is 2.46. The van der Waals surface area contributed by atoms with E-state index in [0.717, 1.165) is 57.0 Å². The Hall–Kier alpha value is -1.42. The highest BCUT2D eigenvalue weighted by Gasteiger charge is 2.23. The molecule has 1 saturated heterocycles. The minimum absolute atomic E-state index is 0.00837. The van der Waals surface area contributed by atoms with E-state index in [9.17, 15) is 10.1 Å². The van der Waals surface area contributed by atoms with E-state index in [4.69, 9.17) is 0 Å². The lowest BCUT2D eigenvalue weighted by atomic mass is 9.96. The average Bonchev–Trinajstić information content (AvgIpc) is 2.93. The Morgan fingerprint density at radius 1 is 1.21 bits per heavy atom. The van der Waals surface area contributed by atoms with Crippen LogP contribution in [0.15, 0.2) is 0 Å². The number of amides is 1. The Bertz CT molecular complexity index is 626. The van der Waals surface area contributed by atoms with E-state index in [0.29, 0.717) is 12.1 Å². The maximum Gasteiger partial charge on any atom is 0.239 e. The molecule has 0 radical (unpaired) electrons. The lowest BCUT2D eigenvalue weighted by molar-refractivity contribution is -0.117. The van der Waals surface area contributed by atoms with E-state index in [2.05, 4.69) is 28.1 Å². The fraction of sp³-hybridized carbons (Fsp3) is 0.667. The van der Waals surface area contributed by atoms with Gasteiger partial charge >= 0.3 is 0 Å². The van der Waals surface area contributed by atoms with Gasteiger partial charge in [0.05, 0.1) is 12.1 Å². The molecule has 1 fully saturated rings. The van der Waals surface area contributed by atoms with Crippen LogP contribution in [0.4, 0.5) is 5.00 Å². The van der Waals surface area contributed by atoms with Crippen LogP contribution < -0.4 is 5.32 Å². The number of hydrogen-bond acceptors (Lipinski definition) is 5. The second-order valence-corrected chi connectivity index (χ2v) is 7.80. The van der Waals surface area contributed by atoms with Gasteiger partial charge in [0.25, 0.3) is 0 Å². The van der Waals surface area contributed by atoms with Crippen molar-refractivity contribution >= 4 is 22.2 Å². The van der Waals surface area contributed by atoms with Crippen LogP contribution in [-0.4, -0.2) is 55.0 Å². The van der Waals surface area contributed by atoms with Crippen molar-refractivity contribution in [2.24, 2.45) is 0 Å². The molecule has 130 valence electrons. The van der Waals surface area contributed by atoms with Crippen molar-refractivity contribution in [3.8, 4) is 6.07 Å². The molecular formula is C18H26N4OS. The molecule has 2 aliphatic rings. The number of thiophene rings is 1. The Balaban J connectivity index is 1.56. The molecule has 0 unspecified atom stereocenters. The molecular weight excluding hydrogens is 320 g/mol. The number of carbonyl (C=O) groups excluding carboxylic acids is 1. The van der Waals surface area contributed by atoms with Gasteiger partial charge < -0.3 is 10.2 Å². The summed E-state index contributed by atoms with van der Waals surface area (Å²) in [4.78, 5) is 18.4. The Morgan fingerprint density at radius 2 is 1.92 bits per heavy atom. The van der Waals surface area contributed by atoms with Gasteiger partial charge in [0.2, 0.25) is 5.91 Å². The molecule has 24 heavy (non-hydrogen) atoms. The highest BCUT2D eigenvalue weighted by Crippen LogP contribution is 2.37. The molecule has 1 aliphatic carbocycles. The SMILES string of the molecule is CCCN1CCN(CC(=O)Nc2sc3c(c2C#N)CCCC3)CC1. The lowest BCUT2D eigenvalue weighted by Gasteiger charge is -2.34. The summed E-state index contributed by atoms with van der Waals surface area (Å²) < 4.78 is 0. The molecule has 6 heteroatoms. The number of fused-ring (bicyclic) bond motifs is 1. The van der Waals surface area contributed by atoms with Gasteiger partial charge in [-0.3, -0.25) is 9.69 Å². The number of carbonyl (C=O) groups is 1. The second-order valence-electron chi connectivity index (χ2n) is 6.69. The van der Waals surface area contributed by atoms with E-state index in [1.165, 1.54) is 23.3 Å². The first-order chi connectivity index (χ1) is 11.7. The maximum atomic E-state index is 12.4. The lowest BCUT2D eigenvalue weighted by Crippen LogP contribution is -2.48. The second kappa shape index (κ2) is 8.11. The minimum Gasteiger partial charge on any atom is -0.315 e. The third-order valence-electron chi connectivity index (χ3n) is 4.91. The number of nitriles is 1. The number of anilines is 1. The average molecular weight is 347 g/mol. The van der Waals surface area contributed by atoms with Crippen molar-refractivity contribution in [1.29, 1.82) is 5.26 Å². The van der Waals surface area contributed by atoms with Gasteiger partial charge in [-0.05, 0) is 44.2 Å². The summed E-state index contributed by atoms with van der Waals surface area (Å²) >= 11 is 1.60. The van der Waals surface area contributed by atoms with Gasteiger partial charge in [-0.2, -0.15) is 5.26 Å². The predicted molar refractivity (Wildman–Crippen MR) is 97.5 cm³/mol. The first-order valence-electron chi connectivity index (χ1n) is 9.00. The van der Waals surface area contributed by atoms with Gasteiger partial charge in [-0.1, -0.05) is 6.92 Å². The molecule has 1 aromatic rings. The van der Waals surface area contributed by atoms with E-state index in [1.807, 2.05) is 0 Å². The highest BCUT2D eigenvalue weighted by molar-refractivity contribution is 7.16. The van der Waals surface area contributed by atoms with Crippen molar-refractivity contribution in [2.45, 2.75) is 39.0 Å². The zero-order chi connectivity index (χ0) is 16.9. The normalized spacial score (nSPS) is 18.8. The van der Waals surface area contributed by atoms with Crippen LogP contribution >= 0.6 is 11.3 Å². The van der Waals surface area contributed by atoms with Gasteiger partial charge in [-0.15, -0.1) is 11.3 Å². The summed E-state index contributed by atoms with van der Waals surface area (Å²) in [6.45, 7) is 7.74. The van der Waals surface area contributed by atoms with Crippen LogP contribution in [0.5, 0.6) is 0 Å². The molecule has 1 N–H and O–H groups in total. The number of nitrogens with one attached hydrogen (secondary N) is 1. The molecule has 3 rings (SSSR count). The molecule has 0 spiro atoms. The number of rotatable bonds is 5. The van der Waals surface area contributed by atoms with E-state index in [-0.39, 0.29) is 5.91 Å². The summed E-state index contributed by atoms with van der Waals surface area (Å²) in [6.07, 6.45) is 5.54. The number of hydrogen-bond donors (Lipinski definition) is 1. The van der Waals surface area contributed by atoms with Crippen molar-refractivity contribution in [3.63, 3.8) is 0 Å². The van der Waals surface area contributed by atoms with Crippen LogP contribution in [0.2, 0.25) is 0 Å². The number of nitrogens with zero attached hydrogens (tertiary/aromatic N) is 3. The van der Waals surface area contributed by atoms with E-state index >= 15 is 0 Å². The molecule has 0 saturated carbocycles. The maximum absolute atomic E-state index is 12.4. The van der Waals surface area contributed by atoms with Crippen LogP contribution in [0.3, 0.4) is 0 Å². The molecule has 0 atom stereocenters. The van der Waals surface area contributed by atoms with Gasteiger partial charge in [0.1, 0.15) is 11.1 Å². The van der Waals surface area contributed by atoms with Crippen LogP contribution in [0.25, 0.3) is 0 Å². The quantitative estimate of drug-likeness (QED) is 0.890. The molecule has 1 aliphatic heterocycles. The third-order valence-corrected chi connectivity index (χ3v) is 6.12. The fourth-order valence-corrected chi connectivity index (χ4v) is 4.88.